The Morgan fingerprint density at radius 2 is 1.75 bits per heavy atom. The van der Waals surface area contributed by atoms with Crippen molar-refractivity contribution in [2.45, 2.75) is 13.8 Å². The lowest BCUT2D eigenvalue weighted by Gasteiger charge is -2.13. The molecule has 0 amide bonds. The van der Waals surface area contributed by atoms with Crippen molar-refractivity contribution in [3.05, 3.63) is 58.7 Å². The molecule has 0 spiro atoms. The van der Waals surface area contributed by atoms with Crippen LogP contribution in [0.25, 0.3) is 11.1 Å². The molecule has 0 bridgehead atoms. The van der Waals surface area contributed by atoms with Crippen LogP contribution >= 0.6 is 0 Å². The summed E-state index contributed by atoms with van der Waals surface area (Å²) in [6.45, 7) is 3.87. The van der Waals surface area contributed by atoms with Gasteiger partial charge in [-0.25, -0.2) is 4.79 Å². The number of nitriles is 1. The second-order valence-electron chi connectivity index (χ2n) is 4.63. The van der Waals surface area contributed by atoms with Gasteiger partial charge in [0.1, 0.15) is 0 Å². The number of methoxy groups -OCH3 is 1. The maximum absolute atomic E-state index is 11.6. The summed E-state index contributed by atoms with van der Waals surface area (Å²) in [5.74, 6) is -0.351. The summed E-state index contributed by atoms with van der Waals surface area (Å²) in [6.07, 6.45) is 0. The van der Waals surface area contributed by atoms with Gasteiger partial charge in [0, 0.05) is 0 Å². The Morgan fingerprint density at radius 1 is 1.15 bits per heavy atom. The van der Waals surface area contributed by atoms with Crippen LogP contribution in [0.1, 0.15) is 27.0 Å². The van der Waals surface area contributed by atoms with E-state index in [0.29, 0.717) is 11.1 Å². The molecule has 0 saturated heterocycles. The zero-order valence-electron chi connectivity index (χ0n) is 11.7. The Balaban J connectivity index is 2.65. The topological polar surface area (TPSA) is 50.1 Å². The van der Waals surface area contributed by atoms with E-state index in [1.54, 1.807) is 18.2 Å². The van der Waals surface area contributed by atoms with Gasteiger partial charge < -0.3 is 4.74 Å². The number of nitrogens with zero attached hydrogens (tertiary/aromatic N) is 1. The maximum atomic E-state index is 11.6. The van der Waals surface area contributed by atoms with Crippen molar-refractivity contribution < 1.29 is 9.53 Å². The minimum absolute atomic E-state index is 0.351. The highest BCUT2D eigenvalue weighted by Gasteiger charge is 2.14. The molecule has 2 rings (SSSR count). The van der Waals surface area contributed by atoms with Gasteiger partial charge in [-0.2, -0.15) is 5.26 Å². The van der Waals surface area contributed by atoms with Crippen molar-refractivity contribution >= 4 is 5.97 Å². The predicted octanol–water partition coefficient (Wildman–Crippen LogP) is 3.63. The lowest BCUT2D eigenvalue weighted by Crippen LogP contribution is -2.03. The first-order valence-electron chi connectivity index (χ1n) is 6.27. The van der Waals surface area contributed by atoms with E-state index in [9.17, 15) is 10.1 Å². The highest BCUT2D eigenvalue weighted by molar-refractivity contribution is 5.91. The molecule has 0 fully saturated rings. The summed E-state index contributed by atoms with van der Waals surface area (Å²) in [5, 5.41) is 9.22. The first-order valence-corrected chi connectivity index (χ1v) is 6.27. The van der Waals surface area contributed by atoms with Crippen molar-refractivity contribution in [1.29, 1.82) is 5.26 Å². The van der Waals surface area contributed by atoms with Crippen molar-refractivity contribution in [3.8, 4) is 17.2 Å². The highest BCUT2D eigenvalue weighted by atomic mass is 16.5. The number of rotatable bonds is 2. The minimum atomic E-state index is -0.351. The van der Waals surface area contributed by atoms with E-state index >= 15 is 0 Å². The average molecular weight is 265 g/mol. The largest absolute Gasteiger partial charge is 0.465 e. The molecule has 2 aromatic rings. The van der Waals surface area contributed by atoms with Gasteiger partial charge in [-0.3, -0.25) is 0 Å². The molecule has 3 heteroatoms. The fourth-order valence-corrected chi connectivity index (χ4v) is 2.42. The van der Waals surface area contributed by atoms with Gasteiger partial charge in [-0.05, 0) is 54.3 Å². The van der Waals surface area contributed by atoms with E-state index in [1.165, 1.54) is 7.11 Å². The zero-order chi connectivity index (χ0) is 14.7. The van der Waals surface area contributed by atoms with Crippen molar-refractivity contribution in [1.82, 2.24) is 0 Å². The third kappa shape index (κ3) is 2.41. The highest BCUT2D eigenvalue weighted by Crippen LogP contribution is 2.31. The standard InChI is InChI=1S/C17H15NO2/c1-11-8-14(17(19)20-3)9-12(2)16(11)15-7-5-4-6-13(15)10-18/h4-9H,1-3H3. The summed E-state index contributed by atoms with van der Waals surface area (Å²) < 4.78 is 4.75. The number of esters is 1. The number of carbonyl (C=O) groups excluding carboxylic acids is 1. The number of aryl methyl sites for hydroxylation is 2. The van der Waals surface area contributed by atoms with Crippen molar-refractivity contribution in [2.75, 3.05) is 7.11 Å². The second-order valence-corrected chi connectivity index (χ2v) is 4.63. The zero-order valence-corrected chi connectivity index (χ0v) is 11.7. The molecule has 0 aliphatic carbocycles. The molecule has 0 N–H and O–H groups in total. The normalized spacial score (nSPS) is 9.90. The number of hydrogen-bond acceptors (Lipinski definition) is 3. The summed E-state index contributed by atoms with van der Waals surface area (Å²) in [4.78, 5) is 11.6. The molecular weight excluding hydrogens is 250 g/mol. The fourth-order valence-electron chi connectivity index (χ4n) is 2.42. The molecule has 0 unspecified atom stereocenters. The van der Waals surface area contributed by atoms with Crippen LogP contribution in [0, 0.1) is 25.2 Å². The van der Waals surface area contributed by atoms with Crippen LogP contribution in [0.2, 0.25) is 0 Å². The number of hydrogen-bond donors (Lipinski definition) is 0. The Kier molecular flexibility index (Phi) is 3.86. The van der Waals surface area contributed by atoms with Crippen LogP contribution < -0.4 is 0 Å². The third-order valence-corrected chi connectivity index (χ3v) is 3.27. The van der Waals surface area contributed by atoms with Gasteiger partial charge >= 0.3 is 5.97 Å². The van der Waals surface area contributed by atoms with Crippen LogP contribution in [0.4, 0.5) is 0 Å². The molecule has 100 valence electrons. The fraction of sp³-hybridized carbons (Fsp3) is 0.176. The summed E-state index contributed by atoms with van der Waals surface area (Å²) >= 11 is 0. The maximum Gasteiger partial charge on any atom is 0.337 e. The molecule has 3 nitrogen and oxygen atoms in total. The SMILES string of the molecule is COC(=O)c1cc(C)c(-c2ccccc2C#N)c(C)c1. The molecule has 2 aromatic carbocycles. The van der Waals surface area contributed by atoms with Gasteiger partial charge in [0.05, 0.1) is 24.3 Å². The molecule has 20 heavy (non-hydrogen) atoms. The van der Waals surface area contributed by atoms with Gasteiger partial charge in [-0.15, -0.1) is 0 Å². The number of carbonyl (C=O) groups is 1. The molecular formula is C17H15NO2. The minimum Gasteiger partial charge on any atom is -0.465 e. The summed E-state index contributed by atoms with van der Waals surface area (Å²) in [7, 11) is 1.37. The molecule has 0 saturated carbocycles. The summed E-state index contributed by atoms with van der Waals surface area (Å²) in [6, 6.07) is 13.3. The summed E-state index contributed by atoms with van der Waals surface area (Å²) in [5.41, 5.74) is 4.95. The van der Waals surface area contributed by atoms with Crippen LogP contribution in [0.15, 0.2) is 36.4 Å². The lowest BCUT2D eigenvalue weighted by molar-refractivity contribution is 0.0600. The quantitative estimate of drug-likeness (QED) is 0.779. The molecule has 0 heterocycles. The monoisotopic (exact) mass is 265 g/mol. The lowest BCUT2D eigenvalue weighted by atomic mass is 9.91. The molecule has 0 aliphatic rings. The van der Waals surface area contributed by atoms with Crippen LogP contribution in [0.3, 0.4) is 0 Å². The molecule has 0 radical (unpaired) electrons. The second kappa shape index (κ2) is 5.58. The first kappa shape index (κ1) is 13.8. The number of ether oxygens (including phenoxy) is 1. The van der Waals surface area contributed by atoms with E-state index in [4.69, 9.17) is 4.74 Å². The van der Waals surface area contributed by atoms with Gasteiger partial charge in [0.2, 0.25) is 0 Å². The van der Waals surface area contributed by atoms with Gasteiger partial charge in [-0.1, -0.05) is 18.2 Å². The van der Waals surface area contributed by atoms with E-state index < -0.39 is 0 Å². The number of benzene rings is 2. The Labute approximate surface area is 118 Å². The molecule has 0 aromatic heterocycles. The molecule has 0 atom stereocenters. The first-order chi connectivity index (χ1) is 9.58. The van der Waals surface area contributed by atoms with E-state index in [-0.39, 0.29) is 5.97 Å². The van der Waals surface area contributed by atoms with E-state index in [0.717, 1.165) is 22.3 Å². The van der Waals surface area contributed by atoms with Gasteiger partial charge in [0.15, 0.2) is 0 Å². The van der Waals surface area contributed by atoms with Crippen molar-refractivity contribution in [3.63, 3.8) is 0 Å². The van der Waals surface area contributed by atoms with E-state index in [1.807, 2.05) is 32.0 Å². The third-order valence-electron chi connectivity index (χ3n) is 3.27. The predicted molar refractivity (Wildman–Crippen MR) is 77.4 cm³/mol. The van der Waals surface area contributed by atoms with Gasteiger partial charge in [0.25, 0.3) is 0 Å². The Hall–Kier alpha value is -2.60. The van der Waals surface area contributed by atoms with Crippen LogP contribution in [-0.2, 0) is 4.74 Å². The molecule has 0 aliphatic heterocycles. The Bertz CT molecular complexity index is 688. The van der Waals surface area contributed by atoms with Crippen molar-refractivity contribution in [2.24, 2.45) is 0 Å². The average Bonchev–Trinajstić information content (AvgIpc) is 2.46. The van der Waals surface area contributed by atoms with E-state index in [2.05, 4.69) is 6.07 Å². The van der Waals surface area contributed by atoms with Crippen LogP contribution in [0.5, 0.6) is 0 Å². The smallest absolute Gasteiger partial charge is 0.337 e. The Morgan fingerprint density at radius 3 is 2.30 bits per heavy atom. The van der Waals surface area contributed by atoms with Crippen LogP contribution in [-0.4, -0.2) is 13.1 Å².